The molecule has 0 spiro atoms. The van der Waals surface area contributed by atoms with Crippen molar-refractivity contribution in [3.05, 3.63) is 28.1 Å². The molecule has 0 aliphatic rings. The summed E-state index contributed by atoms with van der Waals surface area (Å²) in [6, 6.07) is 1.78. The van der Waals surface area contributed by atoms with E-state index in [0.717, 1.165) is 22.3 Å². The molecule has 0 aliphatic carbocycles. The van der Waals surface area contributed by atoms with Gasteiger partial charge in [-0.3, -0.25) is 0 Å². The van der Waals surface area contributed by atoms with Gasteiger partial charge in [0.1, 0.15) is 10.5 Å². The van der Waals surface area contributed by atoms with Gasteiger partial charge < -0.3 is 4.57 Å². The highest BCUT2D eigenvalue weighted by atomic mass is 32.1. The van der Waals surface area contributed by atoms with E-state index in [1.807, 2.05) is 9.95 Å². The maximum atomic E-state index is 13.5. The van der Waals surface area contributed by atoms with Crippen molar-refractivity contribution in [1.82, 2.24) is 4.57 Å². The smallest absolute Gasteiger partial charge is 0.148 e. The zero-order valence-corrected chi connectivity index (χ0v) is 9.42. The minimum Gasteiger partial charge on any atom is -0.335 e. The highest BCUT2D eigenvalue weighted by molar-refractivity contribution is 7.71. The number of aromatic nitrogens is 1. The molecule has 0 unspecified atom stereocenters. The predicted octanol–water partition coefficient (Wildman–Crippen LogP) is 3.98. The summed E-state index contributed by atoms with van der Waals surface area (Å²) >= 11 is 6.78. The number of hydrogen-bond donors (Lipinski definition) is 0. The summed E-state index contributed by atoms with van der Waals surface area (Å²) in [5.74, 6) is -0.177. The number of fused-ring (bicyclic) bond motifs is 1. The van der Waals surface area contributed by atoms with Gasteiger partial charge in [-0.15, -0.1) is 11.3 Å². The van der Waals surface area contributed by atoms with Gasteiger partial charge in [-0.25, -0.2) is 4.39 Å². The summed E-state index contributed by atoms with van der Waals surface area (Å²) in [5.41, 5.74) is 0. The first-order valence-electron chi connectivity index (χ1n) is 4.50. The molecule has 0 saturated carbocycles. The van der Waals surface area contributed by atoms with E-state index in [2.05, 4.69) is 6.92 Å². The molecule has 4 heteroatoms. The van der Waals surface area contributed by atoms with Crippen LogP contribution >= 0.6 is 23.6 Å². The quantitative estimate of drug-likeness (QED) is 0.702. The SMILES string of the molecule is CCCn1cc(F)c2ccsc2c1=S. The van der Waals surface area contributed by atoms with Crippen molar-refractivity contribution >= 4 is 33.6 Å². The molecule has 0 aliphatic heterocycles. The first-order valence-corrected chi connectivity index (χ1v) is 5.79. The number of pyridine rings is 1. The van der Waals surface area contributed by atoms with E-state index in [4.69, 9.17) is 12.2 Å². The lowest BCUT2D eigenvalue weighted by molar-refractivity contribution is 0.593. The molecule has 0 fully saturated rings. The molecular weight excluding hydrogens is 217 g/mol. The zero-order chi connectivity index (χ0) is 10.1. The van der Waals surface area contributed by atoms with Gasteiger partial charge in [0.05, 0.1) is 4.70 Å². The summed E-state index contributed by atoms with van der Waals surface area (Å²) < 4.78 is 17.0. The minimum atomic E-state index is -0.177. The molecule has 0 atom stereocenters. The van der Waals surface area contributed by atoms with Gasteiger partial charge in [0, 0.05) is 18.1 Å². The molecule has 1 nitrogen and oxygen atoms in total. The van der Waals surface area contributed by atoms with E-state index in [0.29, 0.717) is 5.39 Å². The fourth-order valence-electron chi connectivity index (χ4n) is 1.47. The summed E-state index contributed by atoms with van der Waals surface area (Å²) in [6.07, 6.45) is 2.46. The van der Waals surface area contributed by atoms with E-state index in [-0.39, 0.29) is 5.82 Å². The van der Waals surface area contributed by atoms with Crippen molar-refractivity contribution in [2.24, 2.45) is 0 Å². The van der Waals surface area contributed by atoms with Crippen LogP contribution in [0.25, 0.3) is 10.1 Å². The average molecular weight is 227 g/mol. The molecule has 2 aromatic heterocycles. The number of aryl methyl sites for hydroxylation is 1. The fraction of sp³-hybridized carbons (Fsp3) is 0.300. The van der Waals surface area contributed by atoms with Gasteiger partial charge >= 0.3 is 0 Å². The Hall–Kier alpha value is -0.740. The lowest BCUT2D eigenvalue weighted by Crippen LogP contribution is -2.00. The average Bonchev–Trinajstić information content (AvgIpc) is 2.63. The van der Waals surface area contributed by atoms with Crippen LogP contribution in [0, 0.1) is 10.5 Å². The van der Waals surface area contributed by atoms with E-state index < -0.39 is 0 Å². The van der Waals surface area contributed by atoms with Gasteiger partial charge in [-0.05, 0) is 17.9 Å². The number of hydrogen-bond acceptors (Lipinski definition) is 2. The highest BCUT2D eigenvalue weighted by Crippen LogP contribution is 2.24. The lowest BCUT2D eigenvalue weighted by Gasteiger charge is -2.05. The Morgan fingerprint density at radius 1 is 1.57 bits per heavy atom. The molecule has 0 aromatic carbocycles. The largest absolute Gasteiger partial charge is 0.335 e. The second kappa shape index (κ2) is 3.79. The van der Waals surface area contributed by atoms with Crippen molar-refractivity contribution in [2.45, 2.75) is 19.9 Å². The Balaban J connectivity index is 2.75. The van der Waals surface area contributed by atoms with Crippen LogP contribution in [0.5, 0.6) is 0 Å². The van der Waals surface area contributed by atoms with Crippen LogP contribution in [-0.2, 0) is 6.54 Å². The van der Waals surface area contributed by atoms with Crippen LogP contribution in [-0.4, -0.2) is 4.57 Å². The first-order chi connectivity index (χ1) is 6.74. The van der Waals surface area contributed by atoms with Crippen molar-refractivity contribution in [1.29, 1.82) is 0 Å². The minimum absolute atomic E-state index is 0.177. The molecule has 0 bridgehead atoms. The van der Waals surface area contributed by atoms with Gasteiger partial charge in [-0.2, -0.15) is 0 Å². The monoisotopic (exact) mass is 227 g/mol. The molecule has 2 aromatic rings. The Labute approximate surface area is 90.8 Å². The van der Waals surface area contributed by atoms with Crippen molar-refractivity contribution in [3.8, 4) is 0 Å². The summed E-state index contributed by atoms with van der Waals surface area (Å²) in [4.78, 5) is 0. The molecule has 2 heterocycles. The summed E-state index contributed by atoms with van der Waals surface area (Å²) in [6.45, 7) is 2.84. The van der Waals surface area contributed by atoms with E-state index in [9.17, 15) is 4.39 Å². The zero-order valence-electron chi connectivity index (χ0n) is 7.79. The number of thiophene rings is 1. The molecule has 0 N–H and O–H groups in total. The third-order valence-electron chi connectivity index (χ3n) is 2.11. The van der Waals surface area contributed by atoms with Crippen LogP contribution in [0.4, 0.5) is 4.39 Å². The Morgan fingerprint density at radius 2 is 2.36 bits per heavy atom. The topological polar surface area (TPSA) is 4.93 Å². The maximum Gasteiger partial charge on any atom is 0.148 e. The van der Waals surface area contributed by atoms with Gasteiger partial charge in [0.2, 0.25) is 0 Å². The predicted molar refractivity (Wildman–Crippen MR) is 60.9 cm³/mol. The number of nitrogens with zero attached hydrogens (tertiary/aromatic N) is 1. The maximum absolute atomic E-state index is 13.5. The van der Waals surface area contributed by atoms with Crippen molar-refractivity contribution in [3.63, 3.8) is 0 Å². The van der Waals surface area contributed by atoms with Crippen LogP contribution in [0.15, 0.2) is 17.6 Å². The Bertz CT molecular complexity index is 512. The summed E-state index contributed by atoms with van der Waals surface area (Å²) in [5, 5.41) is 2.52. The molecular formula is C10H10FNS2. The number of rotatable bonds is 2. The van der Waals surface area contributed by atoms with Gasteiger partial charge in [0.25, 0.3) is 0 Å². The molecule has 74 valence electrons. The van der Waals surface area contributed by atoms with Crippen LogP contribution in [0.2, 0.25) is 0 Å². The Morgan fingerprint density at radius 3 is 3.07 bits per heavy atom. The molecule has 14 heavy (non-hydrogen) atoms. The molecule has 0 radical (unpaired) electrons. The second-order valence-electron chi connectivity index (χ2n) is 3.14. The van der Waals surface area contributed by atoms with Crippen molar-refractivity contribution in [2.75, 3.05) is 0 Å². The lowest BCUT2D eigenvalue weighted by atomic mass is 10.3. The van der Waals surface area contributed by atoms with Crippen LogP contribution in [0.1, 0.15) is 13.3 Å². The van der Waals surface area contributed by atoms with Crippen molar-refractivity contribution < 1.29 is 4.39 Å². The molecule has 2 rings (SSSR count). The third-order valence-corrected chi connectivity index (χ3v) is 3.60. The van der Waals surface area contributed by atoms with E-state index in [1.165, 1.54) is 17.5 Å². The second-order valence-corrected chi connectivity index (χ2v) is 4.44. The Kier molecular flexibility index (Phi) is 2.65. The fourth-order valence-corrected chi connectivity index (χ4v) is 2.71. The van der Waals surface area contributed by atoms with Gasteiger partial charge in [-0.1, -0.05) is 19.1 Å². The first kappa shape index (κ1) is 9.80. The van der Waals surface area contributed by atoms with Crippen LogP contribution in [0.3, 0.4) is 0 Å². The van der Waals surface area contributed by atoms with E-state index >= 15 is 0 Å². The van der Waals surface area contributed by atoms with Gasteiger partial charge in [0.15, 0.2) is 0 Å². The van der Waals surface area contributed by atoms with Crippen LogP contribution < -0.4 is 0 Å². The third kappa shape index (κ3) is 1.48. The summed E-state index contributed by atoms with van der Waals surface area (Å²) in [7, 11) is 0. The highest BCUT2D eigenvalue weighted by Gasteiger charge is 2.06. The standard InChI is InChI=1S/C10H10FNS2/c1-2-4-12-6-8(11)7-3-5-14-9(7)10(12)13/h3,5-6H,2,4H2,1H3. The molecule has 0 saturated heterocycles. The molecule has 0 amide bonds. The van der Waals surface area contributed by atoms with E-state index in [1.54, 1.807) is 6.07 Å². The number of halogens is 1. The normalized spacial score (nSPS) is 11.0.